The predicted octanol–water partition coefficient (Wildman–Crippen LogP) is 2.27. The fourth-order valence-electron chi connectivity index (χ4n) is 2.08. The van der Waals surface area contributed by atoms with Crippen molar-refractivity contribution in [2.75, 3.05) is 0 Å². The summed E-state index contributed by atoms with van der Waals surface area (Å²) in [6, 6.07) is 10.6. The van der Waals surface area contributed by atoms with Crippen molar-refractivity contribution < 1.29 is 9.53 Å². The molecule has 2 unspecified atom stereocenters. The van der Waals surface area contributed by atoms with Crippen molar-refractivity contribution in [3.63, 3.8) is 0 Å². The molecule has 0 amide bonds. The maximum Gasteiger partial charge on any atom is 0.352 e. The lowest BCUT2D eigenvalue weighted by Gasteiger charge is -2.18. The largest absolute Gasteiger partial charge is 0.456 e. The van der Waals surface area contributed by atoms with Gasteiger partial charge in [0.2, 0.25) is 0 Å². The van der Waals surface area contributed by atoms with Gasteiger partial charge in [-0.05, 0) is 17.5 Å². The van der Waals surface area contributed by atoms with Gasteiger partial charge in [0.15, 0.2) is 0 Å². The van der Waals surface area contributed by atoms with E-state index in [0.29, 0.717) is 5.82 Å². The van der Waals surface area contributed by atoms with Gasteiger partial charge in [0, 0.05) is 18.8 Å². The lowest BCUT2D eigenvalue weighted by atomic mass is 9.95. The zero-order chi connectivity index (χ0) is 16.7. The summed E-state index contributed by atoms with van der Waals surface area (Å²) >= 11 is 0. The molecule has 0 radical (unpaired) electrons. The van der Waals surface area contributed by atoms with Crippen LogP contribution in [0.2, 0.25) is 0 Å². The van der Waals surface area contributed by atoms with Crippen molar-refractivity contribution in [2.24, 2.45) is 11.7 Å². The zero-order valence-corrected chi connectivity index (χ0v) is 13.0. The number of carbonyl (C=O) groups excluding carboxylic acids is 1. The summed E-state index contributed by atoms with van der Waals surface area (Å²) in [5.74, 6) is -0.262. The van der Waals surface area contributed by atoms with Crippen molar-refractivity contribution >= 4 is 11.7 Å². The fourth-order valence-corrected chi connectivity index (χ4v) is 2.08. The van der Waals surface area contributed by atoms with Gasteiger partial charge in [-0.15, -0.1) is 0 Å². The molecule has 0 saturated carbocycles. The number of nitrogens with zero attached hydrogens (tertiary/aromatic N) is 2. The summed E-state index contributed by atoms with van der Waals surface area (Å²) in [4.78, 5) is 20.1. The Kier molecular flexibility index (Phi) is 5.94. The molecule has 1 aromatic carbocycles. The second kappa shape index (κ2) is 8.14. The Morgan fingerprint density at radius 3 is 2.52 bits per heavy atom. The highest BCUT2D eigenvalue weighted by atomic mass is 16.5. The maximum absolute atomic E-state index is 11.9. The minimum atomic E-state index is -0.623. The van der Waals surface area contributed by atoms with E-state index in [9.17, 15) is 4.79 Å². The quantitative estimate of drug-likeness (QED) is 0.603. The molecule has 3 N–H and O–H groups in total. The molecule has 0 bridgehead atoms. The van der Waals surface area contributed by atoms with E-state index in [-0.39, 0.29) is 24.7 Å². The molecule has 0 fully saturated rings. The van der Waals surface area contributed by atoms with Gasteiger partial charge in [0.1, 0.15) is 18.1 Å². The van der Waals surface area contributed by atoms with Crippen LogP contribution < -0.4 is 5.73 Å². The smallest absolute Gasteiger partial charge is 0.352 e. The number of rotatable bonds is 7. The van der Waals surface area contributed by atoms with Crippen LogP contribution in [0.15, 0.2) is 48.8 Å². The highest BCUT2D eigenvalue weighted by Crippen LogP contribution is 2.19. The Morgan fingerprint density at radius 2 is 1.87 bits per heavy atom. The van der Waals surface area contributed by atoms with E-state index in [1.807, 2.05) is 37.3 Å². The molecule has 2 atom stereocenters. The molecule has 6 nitrogen and oxygen atoms in total. The lowest BCUT2D eigenvalue weighted by Crippen LogP contribution is -2.26. The number of hydrogen-bond acceptors (Lipinski definition) is 6. The molecule has 0 aliphatic heterocycles. The number of benzene rings is 1. The van der Waals surface area contributed by atoms with Crippen LogP contribution in [0.25, 0.3) is 0 Å². The molecule has 2 rings (SSSR count). The molecule has 2 aromatic rings. The third-order valence-electron chi connectivity index (χ3n) is 3.48. The van der Waals surface area contributed by atoms with Gasteiger partial charge in [-0.1, -0.05) is 37.3 Å². The highest BCUT2D eigenvalue weighted by Gasteiger charge is 2.22. The van der Waals surface area contributed by atoms with E-state index in [1.54, 1.807) is 18.5 Å². The molecule has 23 heavy (non-hydrogen) atoms. The first-order valence-corrected chi connectivity index (χ1v) is 7.39. The Morgan fingerprint density at radius 1 is 1.22 bits per heavy atom. The van der Waals surface area contributed by atoms with E-state index in [2.05, 4.69) is 9.97 Å². The SMILES string of the molecule is CC(CC(=N)C(=O)OCc1ccccc1)C(N)c1ncccn1. The van der Waals surface area contributed by atoms with Gasteiger partial charge >= 0.3 is 5.97 Å². The minimum absolute atomic E-state index is 0.0974. The first-order valence-electron chi connectivity index (χ1n) is 7.39. The normalized spacial score (nSPS) is 13.1. The predicted molar refractivity (Wildman–Crippen MR) is 86.7 cm³/mol. The van der Waals surface area contributed by atoms with E-state index < -0.39 is 12.0 Å². The third kappa shape index (κ3) is 4.96. The summed E-state index contributed by atoms with van der Waals surface area (Å²) in [5, 5.41) is 7.88. The standard InChI is InChI=1S/C17H20N4O2/c1-12(15(19)16-20-8-5-9-21-16)10-14(18)17(22)23-11-13-6-3-2-4-7-13/h2-9,12,15,18H,10-11,19H2,1H3. The number of nitrogens with two attached hydrogens (primary N) is 1. The first-order chi connectivity index (χ1) is 11.1. The number of nitrogens with one attached hydrogen (secondary N) is 1. The van der Waals surface area contributed by atoms with Crippen LogP contribution in [-0.4, -0.2) is 21.6 Å². The van der Waals surface area contributed by atoms with Crippen molar-refractivity contribution in [1.29, 1.82) is 5.41 Å². The molecular formula is C17H20N4O2. The van der Waals surface area contributed by atoms with E-state index in [1.165, 1.54) is 0 Å². The molecule has 120 valence electrons. The molecule has 0 aliphatic carbocycles. The van der Waals surface area contributed by atoms with Crippen LogP contribution in [-0.2, 0) is 16.1 Å². The molecule has 1 aromatic heterocycles. The number of hydrogen-bond donors (Lipinski definition) is 2. The van der Waals surface area contributed by atoms with Gasteiger partial charge in [0.05, 0.1) is 6.04 Å². The highest BCUT2D eigenvalue weighted by molar-refractivity contribution is 6.35. The van der Waals surface area contributed by atoms with Crippen molar-refractivity contribution in [1.82, 2.24) is 9.97 Å². The fraction of sp³-hybridized carbons (Fsp3) is 0.294. The van der Waals surface area contributed by atoms with Gasteiger partial charge in [0.25, 0.3) is 0 Å². The average molecular weight is 312 g/mol. The summed E-state index contributed by atoms with van der Waals surface area (Å²) in [7, 11) is 0. The second-order valence-electron chi connectivity index (χ2n) is 5.35. The number of ether oxygens (including phenoxy) is 1. The van der Waals surface area contributed by atoms with Crippen LogP contribution in [0.1, 0.15) is 30.8 Å². The van der Waals surface area contributed by atoms with Crippen LogP contribution in [0, 0.1) is 11.3 Å². The lowest BCUT2D eigenvalue weighted by molar-refractivity contribution is -0.137. The monoisotopic (exact) mass is 312 g/mol. The Labute approximate surface area is 135 Å². The summed E-state index contributed by atoms with van der Waals surface area (Å²) in [6.45, 7) is 2.02. The molecular weight excluding hydrogens is 292 g/mol. The van der Waals surface area contributed by atoms with Gasteiger partial charge in [-0.3, -0.25) is 5.41 Å². The van der Waals surface area contributed by atoms with Gasteiger partial charge in [-0.2, -0.15) is 0 Å². The van der Waals surface area contributed by atoms with Gasteiger partial charge < -0.3 is 10.5 Å². The number of carbonyl (C=O) groups is 1. The average Bonchev–Trinajstić information content (AvgIpc) is 2.60. The number of esters is 1. The Hall–Kier alpha value is -2.60. The summed E-state index contributed by atoms with van der Waals surface area (Å²) in [6.07, 6.45) is 3.45. The van der Waals surface area contributed by atoms with Gasteiger partial charge in [-0.25, -0.2) is 14.8 Å². The molecule has 6 heteroatoms. The third-order valence-corrected chi connectivity index (χ3v) is 3.48. The van der Waals surface area contributed by atoms with Crippen LogP contribution in [0.5, 0.6) is 0 Å². The van der Waals surface area contributed by atoms with Crippen molar-refractivity contribution in [2.45, 2.75) is 26.0 Å². The summed E-state index contributed by atoms with van der Waals surface area (Å²) < 4.78 is 5.14. The topological polar surface area (TPSA) is 102 Å². The maximum atomic E-state index is 11.9. The minimum Gasteiger partial charge on any atom is -0.456 e. The van der Waals surface area contributed by atoms with Crippen LogP contribution in [0.4, 0.5) is 0 Å². The molecule has 0 aliphatic rings. The first kappa shape index (κ1) is 16.8. The van der Waals surface area contributed by atoms with Crippen LogP contribution >= 0.6 is 0 Å². The van der Waals surface area contributed by atoms with E-state index >= 15 is 0 Å². The zero-order valence-electron chi connectivity index (χ0n) is 13.0. The van der Waals surface area contributed by atoms with E-state index in [0.717, 1.165) is 5.56 Å². The Balaban J connectivity index is 1.84. The van der Waals surface area contributed by atoms with E-state index in [4.69, 9.17) is 15.9 Å². The molecule has 0 saturated heterocycles. The summed E-state index contributed by atoms with van der Waals surface area (Å²) in [5.41, 5.74) is 6.87. The Bertz CT molecular complexity index is 646. The van der Waals surface area contributed by atoms with Crippen molar-refractivity contribution in [3.8, 4) is 0 Å². The molecule has 1 heterocycles. The molecule has 0 spiro atoms. The van der Waals surface area contributed by atoms with Crippen LogP contribution in [0.3, 0.4) is 0 Å². The number of aromatic nitrogens is 2. The second-order valence-corrected chi connectivity index (χ2v) is 5.35. The van der Waals surface area contributed by atoms with Crippen molar-refractivity contribution in [3.05, 3.63) is 60.2 Å².